The molecule has 0 unspecified atom stereocenters. The van der Waals surface area contributed by atoms with E-state index in [1.54, 1.807) is 18.2 Å². The molecule has 3 rings (SSSR count). The molecule has 2 aromatic rings. The van der Waals surface area contributed by atoms with E-state index < -0.39 is 5.41 Å². The summed E-state index contributed by atoms with van der Waals surface area (Å²) >= 11 is 6.23. The van der Waals surface area contributed by atoms with E-state index in [0.29, 0.717) is 5.02 Å². The lowest BCUT2D eigenvalue weighted by molar-refractivity contribution is -0.118. The van der Waals surface area contributed by atoms with Gasteiger partial charge in [-0.2, -0.15) is 0 Å². The molecule has 0 radical (unpaired) electrons. The van der Waals surface area contributed by atoms with Crippen molar-refractivity contribution in [2.24, 2.45) is 0 Å². The van der Waals surface area contributed by atoms with Gasteiger partial charge in [-0.1, -0.05) is 29.8 Å². The topological polar surface area (TPSA) is 49.3 Å². The van der Waals surface area contributed by atoms with Crippen LogP contribution < -0.4 is 5.32 Å². The Morgan fingerprint density at radius 2 is 1.95 bits per heavy atom. The predicted octanol–water partition coefficient (Wildman–Crippen LogP) is 4.02. The maximum Gasteiger partial charge on any atom is 0.235 e. The lowest BCUT2D eigenvalue weighted by atomic mass is 9.94. The van der Waals surface area contributed by atoms with Crippen LogP contribution in [-0.2, 0) is 10.2 Å². The molecular weight excluding hydrogens is 286 g/mol. The quantitative estimate of drug-likeness (QED) is 0.841. The molecule has 1 aliphatic rings. The first-order valence-corrected chi connectivity index (χ1v) is 7.27. The van der Waals surface area contributed by atoms with E-state index in [1.165, 1.54) is 0 Å². The third-order valence-electron chi connectivity index (χ3n) is 4.03. The number of aromatic hydroxyl groups is 1. The zero-order valence-corrected chi connectivity index (χ0v) is 12.4. The third kappa shape index (κ3) is 2.49. The van der Waals surface area contributed by atoms with Crippen molar-refractivity contribution in [1.82, 2.24) is 0 Å². The molecule has 2 N–H and O–H groups in total. The number of nitrogens with one attached hydrogen (secondary N) is 1. The van der Waals surface area contributed by atoms with Gasteiger partial charge in [-0.05, 0) is 55.2 Å². The molecular formula is C17H16ClNO2. The summed E-state index contributed by atoms with van der Waals surface area (Å²) in [5.74, 6) is 0.155. The average Bonchev–Trinajstić information content (AvgIpc) is 3.24. The molecule has 1 saturated carbocycles. The van der Waals surface area contributed by atoms with Gasteiger partial charge >= 0.3 is 0 Å². The fourth-order valence-corrected chi connectivity index (χ4v) is 2.94. The van der Waals surface area contributed by atoms with Crippen LogP contribution in [-0.4, -0.2) is 11.0 Å². The Morgan fingerprint density at radius 3 is 2.57 bits per heavy atom. The van der Waals surface area contributed by atoms with Crippen molar-refractivity contribution in [1.29, 1.82) is 0 Å². The maximum absolute atomic E-state index is 12.7. The second-order valence-electron chi connectivity index (χ2n) is 5.52. The standard InChI is InChI=1S/C17H16ClNO2/c1-11-10-12(20)6-7-15(11)19-16(21)17(8-9-17)13-4-2-3-5-14(13)18/h2-7,10,20H,8-9H2,1H3,(H,19,21). The zero-order valence-electron chi connectivity index (χ0n) is 11.7. The number of amides is 1. The van der Waals surface area contributed by atoms with Gasteiger partial charge < -0.3 is 10.4 Å². The van der Waals surface area contributed by atoms with Gasteiger partial charge in [0, 0.05) is 10.7 Å². The van der Waals surface area contributed by atoms with Crippen molar-refractivity contribution < 1.29 is 9.90 Å². The molecule has 2 aromatic carbocycles. The maximum atomic E-state index is 12.7. The number of phenolic OH excluding ortho intramolecular Hbond substituents is 1. The number of anilines is 1. The molecule has 21 heavy (non-hydrogen) atoms. The molecule has 0 spiro atoms. The van der Waals surface area contributed by atoms with Crippen LogP contribution >= 0.6 is 11.6 Å². The Balaban J connectivity index is 1.87. The first kappa shape index (κ1) is 14.0. The zero-order chi connectivity index (χ0) is 15.0. The van der Waals surface area contributed by atoms with Crippen molar-refractivity contribution in [3.05, 3.63) is 58.6 Å². The Hall–Kier alpha value is -2.00. The van der Waals surface area contributed by atoms with Gasteiger partial charge in [-0.3, -0.25) is 4.79 Å². The van der Waals surface area contributed by atoms with Gasteiger partial charge in [0.15, 0.2) is 0 Å². The minimum atomic E-state index is -0.511. The second-order valence-corrected chi connectivity index (χ2v) is 5.92. The fourth-order valence-electron chi connectivity index (χ4n) is 2.62. The second kappa shape index (κ2) is 5.08. The minimum absolute atomic E-state index is 0.0376. The SMILES string of the molecule is Cc1cc(O)ccc1NC(=O)C1(c2ccccc2Cl)CC1. The van der Waals surface area contributed by atoms with Crippen molar-refractivity contribution in [3.8, 4) is 5.75 Å². The first-order chi connectivity index (χ1) is 10.0. The molecule has 4 heteroatoms. The molecule has 0 atom stereocenters. The van der Waals surface area contributed by atoms with Crippen LogP contribution in [0.5, 0.6) is 5.75 Å². The number of halogens is 1. The summed E-state index contributed by atoms with van der Waals surface area (Å²) < 4.78 is 0. The van der Waals surface area contributed by atoms with Crippen LogP contribution in [0.4, 0.5) is 5.69 Å². The van der Waals surface area contributed by atoms with Gasteiger partial charge in [0.1, 0.15) is 5.75 Å². The van der Waals surface area contributed by atoms with E-state index in [9.17, 15) is 9.90 Å². The van der Waals surface area contributed by atoms with Crippen molar-refractivity contribution in [3.63, 3.8) is 0 Å². The van der Waals surface area contributed by atoms with E-state index in [1.807, 2.05) is 31.2 Å². The van der Waals surface area contributed by atoms with Gasteiger partial charge in [-0.15, -0.1) is 0 Å². The summed E-state index contributed by atoms with van der Waals surface area (Å²) in [6.07, 6.45) is 1.61. The van der Waals surface area contributed by atoms with E-state index >= 15 is 0 Å². The molecule has 0 saturated heterocycles. The van der Waals surface area contributed by atoms with Gasteiger partial charge in [0.25, 0.3) is 0 Å². The highest BCUT2D eigenvalue weighted by molar-refractivity contribution is 6.32. The van der Waals surface area contributed by atoms with Crippen LogP contribution in [0.3, 0.4) is 0 Å². The third-order valence-corrected chi connectivity index (χ3v) is 4.36. The lowest BCUT2D eigenvalue weighted by Crippen LogP contribution is -2.28. The van der Waals surface area contributed by atoms with Crippen molar-refractivity contribution in [2.45, 2.75) is 25.2 Å². The molecule has 0 aromatic heterocycles. The minimum Gasteiger partial charge on any atom is -0.508 e. The number of carbonyl (C=O) groups excluding carboxylic acids is 1. The molecule has 108 valence electrons. The van der Waals surface area contributed by atoms with E-state index in [4.69, 9.17) is 11.6 Å². The number of hydrogen-bond donors (Lipinski definition) is 2. The van der Waals surface area contributed by atoms with Gasteiger partial charge in [0.2, 0.25) is 5.91 Å². The smallest absolute Gasteiger partial charge is 0.235 e. The molecule has 1 amide bonds. The summed E-state index contributed by atoms with van der Waals surface area (Å²) in [5.41, 5.74) is 1.93. The molecule has 0 aliphatic heterocycles. The van der Waals surface area contributed by atoms with Crippen molar-refractivity contribution >= 4 is 23.2 Å². The summed E-state index contributed by atoms with van der Waals surface area (Å²) in [6.45, 7) is 1.85. The molecule has 0 bridgehead atoms. The van der Waals surface area contributed by atoms with Crippen LogP contribution in [0.2, 0.25) is 5.02 Å². The predicted molar refractivity (Wildman–Crippen MR) is 83.8 cm³/mol. The van der Waals surface area contributed by atoms with Crippen LogP contribution in [0, 0.1) is 6.92 Å². The Labute approximate surface area is 128 Å². The van der Waals surface area contributed by atoms with E-state index in [0.717, 1.165) is 29.7 Å². The largest absolute Gasteiger partial charge is 0.508 e. The summed E-state index contributed by atoms with van der Waals surface area (Å²) in [5, 5.41) is 13.0. The lowest BCUT2D eigenvalue weighted by Gasteiger charge is -2.18. The highest BCUT2D eigenvalue weighted by Crippen LogP contribution is 2.51. The highest BCUT2D eigenvalue weighted by Gasteiger charge is 2.52. The van der Waals surface area contributed by atoms with Crippen LogP contribution in [0.15, 0.2) is 42.5 Å². The number of aryl methyl sites for hydroxylation is 1. The fraction of sp³-hybridized carbons (Fsp3) is 0.235. The van der Waals surface area contributed by atoms with Crippen molar-refractivity contribution in [2.75, 3.05) is 5.32 Å². The summed E-state index contributed by atoms with van der Waals surface area (Å²) in [7, 11) is 0. The first-order valence-electron chi connectivity index (χ1n) is 6.89. The Kier molecular flexibility index (Phi) is 3.38. The number of hydrogen-bond acceptors (Lipinski definition) is 2. The van der Waals surface area contributed by atoms with E-state index in [-0.39, 0.29) is 11.7 Å². The number of benzene rings is 2. The Bertz CT molecular complexity index is 708. The average molecular weight is 302 g/mol. The molecule has 3 nitrogen and oxygen atoms in total. The monoisotopic (exact) mass is 301 g/mol. The molecule has 1 aliphatic carbocycles. The van der Waals surface area contributed by atoms with Crippen LogP contribution in [0.1, 0.15) is 24.0 Å². The summed E-state index contributed by atoms with van der Waals surface area (Å²) in [4.78, 5) is 12.7. The highest BCUT2D eigenvalue weighted by atomic mass is 35.5. The number of carbonyl (C=O) groups is 1. The van der Waals surface area contributed by atoms with E-state index in [2.05, 4.69) is 5.32 Å². The Morgan fingerprint density at radius 1 is 1.24 bits per heavy atom. The number of rotatable bonds is 3. The summed E-state index contributed by atoms with van der Waals surface area (Å²) in [6, 6.07) is 12.4. The molecule has 0 heterocycles. The van der Waals surface area contributed by atoms with Gasteiger partial charge in [0.05, 0.1) is 5.41 Å². The van der Waals surface area contributed by atoms with Gasteiger partial charge in [-0.25, -0.2) is 0 Å². The normalized spacial score (nSPS) is 15.5. The van der Waals surface area contributed by atoms with Crippen LogP contribution in [0.25, 0.3) is 0 Å². The number of phenols is 1. The molecule has 1 fully saturated rings.